The summed E-state index contributed by atoms with van der Waals surface area (Å²) in [6.07, 6.45) is 3.10. The smallest absolute Gasteiger partial charge is 0.222 e. The number of halogens is 1. The second-order valence-corrected chi connectivity index (χ2v) is 5.15. The molecule has 1 amide bonds. The van der Waals surface area contributed by atoms with Gasteiger partial charge in [-0.25, -0.2) is 4.39 Å². The molecule has 1 aliphatic heterocycles. The van der Waals surface area contributed by atoms with Crippen molar-refractivity contribution in [3.05, 3.63) is 30.1 Å². The average Bonchev–Trinajstić information content (AvgIpc) is 2.45. The summed E-state index contributed by atoms with van der Waals surface area (Å²) < 4.78 is 18.2. The first kappa shape index (κ1) is 14.8. The van der Waals surface area contributed by atoms with E-state index in [0.29, 0.717) is 31.7 Å². The third-order valence-electron chi connectivity index (χ3n) is 3.43. The van der Waals surface area contributed by atoms with Crippen molar-refractivity contribution in [1.29, 1.82) is 0 Å². The Balaban J connectivity index is 1.65. The zero-order valence-corrected chi connectivity index (χ0v) is 11.6. The first-order valence-corrected chi connectivity index (χ1v) is 7.07. The summed E-state index contributed by atoms with van der Waals surface area (Å²) in [7, 11) is 0. The van der Waals surface area contributed by atoms with E-state index >= 15 is 0 Å². The second-order valence-electron chi connectivity index (χ2n) is 5.15. The number of hydrogen-bond donors (Lipinski definition) is 1. The predicted molar refractivity (Wildman–Crippen MR) is 74.9 cm³/mol. The summed E-state index contributed by atoms with van der Waals surface area (Å²) in [5, 5.41) is 0. The van der Waals surface area contributed by atoms with Gasteiger partial charge in [-0.3, -0.25) is 4.79 Å². The zero-order chi connectivity index (χ0) is 14.4. The maximum absolute atomic E-state index is 12.7. The summed E-state index contributed by atoms with van der Waals surface area (Å²) in [5.74, 6) is 0.482. The third-order valence-corrected chi connectivity index (χ3v) is 3.43. The van der Waals surface area contributed by atoms with Gasteiger partial charge in [0.15, 0.2) is 0 Å². The van der Waals surface area contributed by atoms with E-state index in [4.69, 9.17) is 10.5 Å². The van der Waals surface area contributed by atoms with Gasteiger partial charge in [-0.15, -0.1) is 0 Å². The summed E-state index contributed by atoms with van der Waals surface area (Å²) >= 11 is 0. The Kier molecular flexibility index (Phi) is 5.35. The molecule has 110 valence electrons. The average molecular weight is 280 g/mol. The predicted octanol–water partition coefficient (Wildman–Crippen LogP) is 1.93. The SMILES string of the molecule is N[C@@H]1CCCN(C(=O)CCCOc2ccc(F)cc2)C1. The number of carbonyl (C=O) groups is 1. The van der Waals surface area contributed by atoms with Crippen molar-refractivity contribution < 1.29 is 13.9 Å². The van der Waals surface area contributed by atoms with Crippen LogP contribution in [0.1, 0.15) is 25.7 Å². The first-order valence-electron chi connectivity index (χ1n) is 7.07. The second kappa shape index (κ2) is 7.24. The number of rotatable bonds is 5. The van der Waals surface area contributed by atoms with Crippen molar-refractivity contribution in [3.63, 3.8) is 0 Å². The third kappa shape index (κ3) is 4.49. The maximum Gasteiger partial charge on any atom is 0.222 e. The summed E-state index contributed by atoms with van der Waals surface area (Å²) in [6, 6.07) is 6.00. The van der Waals surface area contributed by atoms with Gasteiger partial charge < -0.3 is 15.4 Å². The summed E-state index contributed by atoms with van der Waals surface area (Å²) in [5.41, 5.74) is 5.86. The van der Waals surface area contributed by atoms with Crippen LogP contribution in [0.5, 0.6) is 5.75 Å². The number of piperidine rings is 1. The van der Waals surface area contributed by atoms with Crippen molar-refractivity contribution in [2.45, 2.75) is 31.7 Å². The van der Waals surface area contributed by atoms with E-state index in [0.717, 1.165) is 19.4 Å². The van der Waals surface area contributed by atoms with Crippen LogP contribution >= 0.6 is 0 Å². The van der Waals surface area contributed by atoms with E-state index in [9.17, 15) is 9.18 Å². The Hall–Kier alpha value is -1.62. The van der Waals surface area contributed by atoms with Crippen LogP contribution in [0.3, 0.4) is 0 Å². The Morgan fingerprint density at radius 2 is 2.15 bits per heavy atom. The van der Waals surface area contributed by atoms with Gasteiger partial charge in [0, 0.05) is 25.6 Å². The maximum atomic E-state index is 12.7. The lowest BCUT2D eigenvalue weighted by molar-refractivity contribution is -0.132. The van der Waals surface area contributed by atoms with E-state index in [-0.39, 0.29) is 17.8 Å². The molecule has 1 aromatic carbocycles. The Morgan fingerprint density at radius 3 is 2.85 bits per heavy atom. The number of nitrogens with two attached hydrogens (primary N) is 1. The molecule has 1 heterocycles. The highest BCUT2D eigenvalue weighted by atomic mass is 19.1. The Morgan fingerprint density at radius 1 is 1.40 bits per heavy atom. The minimum atomic E-state index is -0.283. The molecule has 1 aliphatic rings. The van der Waals surface area contributed by atoms with Crippen LogP contribution in [0.15, 0.2) is 24.3 Å². The lowest BCUT2D eigenvalue weighted by Gasteiger charge is -2.30. The monoisotopic (exact) mass is 280 g/mol. The van der Waals surface area contributed by atoms with Gasteiger partial charge in [0.05, 0.1) is 6.61 Å². The molecule has 5 heteroatoms. The van der Waals surface area contributed by atoms with Gasteiger partial charge in [0.1, 0.15) is 11.6 Å². The van der Waals surface area contributed by atoms with Crippen molar-refractivity contribution >= 4 is 5.91 Å². The fourth-order valence-corrected chi connectivity index (χ4v) is 2.34. The molecule has 1 atom stereocenters. The summed E-state index contributed by atoms with van der Waals surface area (Å²) in [6.45, 7) is 1.93. The standard InChI is InChI=1S/C15H21FN2O2/c16-12-5-7-14(8-6-12)20-10-2-4-15(19)18-9-1-3-13(17)11-18/h5-8,13H,1-4,9-11,17H2/t13-/m1/s1. The molecule has 4 nitrogen and oxygen atoms in total. The van der Waals surface area contributed by atoms with Gasteiger partial charge in [-0.2, -0.15) is 0 Å². The van der Waals surface area contributed by atoms with Crippen LogP contribution in [0, 0.1) is 5.82 Å². The zero-order valence-electron chi connectivity index (χ0n) is 11.6. The van der Waals surface area contributed by atoms with Crippen LogP contribution < -0.4 is 10.5 Å². The number of likely N-dealkylation sites (tertiary alicyclic amines) is 1. The lowest BCUT2D eigenvalue weighted by atomic mass is 10.1. The van der Waals surface area contributed by atoms with Crippen LogP contribution in [-0.4, -0.2) is 36.5 Å². The molecule has 0 bridgehead atoms. The fraction of sp³-hybridized carbons (Fsp3) is 0.533. The van der Waals surface area contributed by atoms with Crippen LogP contribution in [0.25, 0.3) is 0 Å². The van der Waals surface area contributed by atoms with E-state index in [1.54, 1.807) is 12.1 Å². The molecule has 0 aliphatic carbocycles. The molecular weight excluding hydrogens is 259 g/mol. The summed E-state index contributed by atoms with van der Waals surface area (Å²) in [4.78, 5) is 13.8. The van der Waals surface area contributed by atoms with Gasteiger partial charge in [-0.1, -0.05) is 0 Å². The highest BCUT2D eigenvalue weighted by Crippen LogP contribution is 2.13. The highest BCUT2D eigenvalue weighted by molar-refractivity contribution is 5.76. The van der Waals surface area contributed by atoms with Crippen LogP contribution in [-0.2, 0) is 4.79 Å². The Labute approximate surface area is 118 Å². The van der Waals surface area contributed by atoms with E-state index in [1.807, 2.05) is 4.90 Å². The number of carbonyl (C=O) groups excluding carboxylic acids is 1. The van der Waals surface area contributed by atoms with Crippen LogP contribution in [0.2, 0.25) is 0 Å². The van der Waals surface area contributed by atoms with Gasteiger partial charge in [-0.05, 0) is 43.5 Å². The number of amides is 1. The molecule has 2 N–H and O–H groups in total. The van der Waals surface area contributed by atoms with Crippen molar-refractivity contribution in [1.82, 2.24) is 4.90 Å². The molecule has 1 saturated heterocycles. The van der Waals surface area contributed by atoms with E-state index in [2.05, 4.69) is 0 Å². The minimum absolute atomic E-state index is 0.114. The molecule has 0 aromatic heterocycles. The lowest BCUT2D eigenvalue weighted by Crippen LogP contribution is -2.45. The number of nitrogens with zero attached hydrogens (tertiary/aromatic N) is 1. The van der Waals surface area contributed by atoms with Crippen molar-refractivity contribution in [2.75, 3.05) is 19.7 Å². The Bertz CT molecular complexity index is 436. The molecule has 0 spiro atoms. The molecule has 0 unspecified atom stereocenters. The molecule has 1 aromatic rings. The largest absolute Gasteiger partial charge is 0.494 e. The number of ether oxygens (including phenoxy) is 1. The molecular formula is C15H21FN2O2. The van der Waals surface area contributed by atoms with Crippen molar-refractivity contribution in [2.24, 2.45) is 5.73 Å². The van der Waals surface area contributed by atoms with Crippen molar-refractivity contribution in [3.8, 4) is 5.75 Å². The normalized spacial score (nSPS) is 18.9. The molecule has 2 rings (SSSR count). The molecule has 0 saturated carbocycles. The van der Waals surface area contributed by atoms with Gasteiger partial charge in [0.2, 0.25) is 5.91 Å². The minimum Gasteiger partial charge on any atom is -0.494 e. The van der Waals surface area contributed by atoms with Crippen LogP contribution in [0.4, 0.5) is 4.39 Å². The van der Waals surface area contributed by atoms with E-state index in [1.165, 1.54) is 12.1 Å². The molecule has 1 fully saturated rings. The fourth-order valence-electron chi connectivity index (χ4n) is 2.34. The quantitative estimate of drug-likeness (QED) is 0.839. The number of hydrogen-bond acceptors (Lipinski definition) is 3. The topological polar surface area (TPSA) is 55.6 Å². The van der Waals surface area contributed by atoms with E-state index < -0.39 is 0 Å². The first-order chi connectivity index (χ1) is 9.65. The molecule has 0 radical (unpaired) electrons. The number of benzene rings is 1. The highest BCUT2D eigenvalue weighted by Gasteiger charge is 2.20. The van der Waals surface area contributed by atoms with Gasteiger partial charge >= 0.3 is 0 Å². The molecule has 20 heavy (non-hydrogen) atoms. The van der Waals surface area contributed by atoms with Gasteiger partial charge in [0.25, 0.3) is 0 Å².